The molecule has 0 bridgehead atoms. The summed E-state index contributed by atoms with van der Waals surface area (Å²) in [6.45, 7) is 0. The molecule has 2 heterocycles. The van der Waals surface area contributed by atoms with Crippen molar-refractivity contribution in [1.82, 2.24) is 4.98 Å². The smallest absolute Gasteiger partial charge is 0.271 e. The number of rotatable bonds is 4. The molecule has 28 heavy (non-hydrogen) atoms. The fourth-order valence-corrected chi connectivity index (χ4v) is 3.68. The van der Waals surface area contributed by atoms with Gasteiger partial charge in [-0.25, -0.2) is 4.99 Å². The van der Waals surface area contributed by atoms with Crippen molar-refractivity contribution in [3.63, 3.8) is 0 Å². The Morgan fingerprint density at radius 2 is 1.71 bits per heavy atom. The van der Waals surface area contributed by atoms with E-state index in [0.717, 1.165) is 11.4 Å². The first-order valence-corrected chi connectivity index (χ1v) is 9.49. The van der Waals surface area contributed by atoms with Gasteiger partial charge in [-0.2, -0.15) is 0 Å². The van der Waals surface area contributed by atoms with E-state index in [1.165, 1.54) is 11.8 Å². The number of amidine groups is 1. The number of para-hydroxylation sites is 2. The fourth-order valence-electron chi connectivity index (χ4n) is 2.70. The Hall–Kier alpha value is -3.38. The molecule has 0 atom stereocenters. The van der Waals surface area contributed by atoms with Gasteiger partial charge in [0.05, 0.1) is 35.3 Å². The zero-order valence-electron chi connectivity index (χ0n) is 15.1. The number of amides is 1. The molecule has 0 spiro atoms. The number of ether oxygens (including phenoxy) is 1. The van der Waals surface area contributed by atoms with Crippen LogP contribution in [0, 0.1) is 0 Å². The van der Waals surface area contributed by atoms with Gasteiger partial charge in [0, 0.05) is 0 Å². The highest BCUT2D eigenvalue weighted by Crippen LogP contribution is 2.37. The van der Waals surface area contributed by atoms with Crippen LogP contribution in [0.1, 0.15) is 5.69 Å². The summed E-state index contributed by atoms with van der Waals surface area (Å²) in [7, 11) is 1.59. The maximum atomic E-state index is 13.1. The number of hydrogen-bond acceptors (Lipinski definition) is 5. The third-order valence-electron chi connectivity index (χ3n) is 4.08. The molecular formula is C22H17N3O2S. The fraction of sp³-hybridized carbons (Fsp3) is 0.0455. The highest BCUT2D eigenvalue weighted by atomic mass is 32.2. The van der Waals surface area contributed by atoms with Crippen molar-refractivity contribution in [2.45, 2.75) is 0 Å². The molecule has 2 aromatic carbocycles. The third-order valence-corrected chi connectivity index (χ3v) is 5.04. The highest BCUT2D eigenvalue weighted by Gasteiger charge is 2.34. The van der Waals surface area contributed by atoms with Crippen LogP contribution in [-0.4, -0.2) is 23.2 Å². The second-order valence-corrected chi connectivity index (χ2v) is 6.95. The van der Waals surface area contributed by atoms with Gasteiger partial charge in [0.25, 0.3) is 5.91 Å². The lowest BCUT2D eigenvalue weighted by Crippen LogP contribution is -2.28. The number of aromatic nitrogens is 1. The Bertz CT molecular complexity index is 1030. The van der Waals surface area contributed by atoms with Crippen molar-refractivity contribution < 1.29 is 9.53 Å². The quantitative estimate of drug-likeness (QED) is 0.598. The van der Waals surface area contributed by atoms with Gasteiger partial charge < -0.3 is 4.74 Å². The van der Waals surface area contributed by atoms with E-state index in [-0.39, 0.29) is 5.91 Å². The summed E-state index contributed by atoms with van der Waals surface area (Å²) in [5.41, 5.74) is 2.26. The van der Waals surface area contributed by atoms with Gasteiger partial charge >= 0.3 is 0 Å². The van der Waals surface area contributed by atoms with Crippen LogP contribution in [-0.2, 0) is 4.79 Å². The van der Waals surface area contributed by atoms with Crippen LogP contribution in [0.15, 0.2) is 88.9 Å². The Morgan fingerprint density at radius 3 is 2.36 bits per heavy atom. The number of methoxy groups -OCH3 is 1. The molecule has 0 aliphatic carbocycles. The maximum absolute atomic E-state index is 13.1. The first kappa shape index (κ1) is 18.0. The van der Waals surface area contributed by atoms with Gasteiger partial charge in [-0.15, -0.1) is 0 Å². The average Bonchev–Trinajstić information content (AvgIpc) is 3.04. The van der Waals surface area contributed by atoms with Crippen LogP contribution in [0.25, 0.3) is 6.08 Å². The predicted molar refractivity (Wildman–Crippen MR) is 114 cm³/mol. The minimum atomic E-state index is -0.122. The molecule has 1 aromatic heterocycles. The number of benzene rings is 2. The zero-order valence-corrected chi connectivity index (χ0v) is 16.0. The molecule has 0 saturated carbocycles. The second kappa shape index (κ2) is 8.10. The number of hydrogen-bond donors (Lipinski definition) is 0. The normalized spacial score (nSPS) is 16.8. The SMILES string of the molecule is COc1ccc(C=C2SC(=Nc3ccccc3)N(c3ccccc3)C2=O)nc1. The number of carbonyl (C=O) groups excluding carboxylic acids is 1. The van der Waals surface area contributed by atoms with Gasteiger partial charge in [0.2, 0.25) is 0 Å². The van der Waals surface area contributed by atoms with Crippen LogP contribution < -0.4 is 9.64 Å². The minimum Gasteiger partial charge on any atom is -0.495 e. The lowest BCUT2D eigenvalue weighted by molar-refractivity contribution is -0.113. The van der Waals surface area contributed by atoms with Crippen molar-refractivity contribution in [1.29, 1.82) is 0 Å². The molecule has 0 radical (unpaired) electrons. The summed E-state index contributed by atoms with van der Waals surface area (Å²) in [4.78, 5) is 24.4. The Balaban J connectivity index is 1.73. The first-order chi connectivity index (χ1) is 13.7. The Morgan fingerprint density at radius 1 is 1.00 bits per heavy atom. The number of nitrogens with zero attached hydrogens (tertiary/aromatic N) is 3. The molecule has 6 heteroatoms. The lowest BCUT2D eigenvalue weighted by Gasteiger charge is -2.15. The van der Waals surface area contributed by atoms with E-state index < -0.39 is 0 Å². The molecule has 4 rings (SSSR count). The second-order valence-electron chi connectivity index (χ2n) is 5.94. The molecular weight excluding hydrogens is 370 g/mol. The summed E-state index contributed by atoms with van der Waals surface area (Å²) in [6, 6.07) is 22.8. The predicted octanol–water partition coefficient (Wildman–Crippen LogP) is 4.90. The summed E-state index contributed by atoms with van der Waals surface area (Å²) in [6.07, 6.45) is 3.40. The molecule has 1 aliphatic heterocycles. The van der Waals surface area contributed by atoms with Crippen molar-refractivity contribution in [3.05, 3.63) is 89.6 Å². The van der Waals surface area contributed by atoms with Crippen molar-refractivity contribution in [2.75, 3.05) is 12.0 Å². The highest BCUT2D eigenvalue weighted by molar-refractivity contribution is 8.19. The monoisotopic (exact) mass is 387 g/mol. The molecule has 1 aliphatic rings. The van der Waals surface area contributed by atoms with Crippen molar-refractivity contribution in [2.24, 2.45) is 4.99 Å². The maximum Gasteiger partial charge on any atom is 0.271 e. The van der Waals surface area contributed by atoms with Gasteiger partial charge in [0.1, 0.15) is 5.75 Å². The Kier molecular flexibility index (Phi) is 5.21. The van der Waals surface area contributed by atoms with Crippen molar-refractivity contribution >= 4 is 40.3 Å². The third kappa shape index (κ3) is 3.82. The van der Waals surface area contributed by atoms with E-state index in [2.05, 4.69) is 9.98 Å². The van der Waals surface area contributed by atoms with Crippen LogP contribution in [0.5, 0.6) is 5.75 Å². The standard InChI is InChI=1S/C22H17N3O2S/c1-27-19-13-12-17(23-15-19)14-20-21(26)25(18-10-6-3-7-11-18)22(28-20)24-16-8-4-2-5-9-16/h2-15H,1H3. The molecule has 1 fully saturated rings. The van der Waals surface area contributed by atoms with E-state index in [0.29, 0.717) is 21.5 Å². The number of pyridine rings is 1. The number of aliphatic imine (C=N–C) groups is 1. The molecule has 138 valence electrons. The molecule has 5 nitrogen and oxygen atoms in total. The largest absolute Gasteiger partial charge is 0.495 e. The van der Waals surface area contributed by atoms with E-state index in [9.17, 15) is 4.79 Å². The van der Waals surface area contributed by atoms with Crippen molar-refractivity contribution in [3.8, 4) is 5.75 Å². The molecule has 0 N–H and O–H groups in total. The summed E-state index contributed by atoms with van der Waals surface area (Å²) < 4.78 is 5.14. The van der Waals surface area contributed by atoms with Gasteiger partial charge in [-0.1, -0.05) is 36.4 Å². The number of anilines is 1. The molecule has 1 saturated heterocycles. The summed E-state index contributed by atoms with van der Waals surface area (Å²) in [5.74, 6) is 0.549. The summed E-state index contributed by atoms with van der Waals surface area (Å²) >= 11 is 1.34. The topological polar surface area (TPSA) is 54.8 Å². The van der Waals surface area contributed by atoms with E-state index in [1.54, 1.807) is 24.3 Å². The average molecular weight is 387 g/mol. The molecule has 3 aromatic rings. The summed E-state index contributed by atoms with van der Waals surface area (Å²) in [5, 5.41) is 0.613. The van der Waals surface area contributed by atoms with Gasteiger partial charge in [-0.05, 0) is 54.2 Å². The molecule has 1 amide bonds. The molecule has 0 unspecified atom stereocenters. The number of thioether (sulfide) groups is 1. The van der Waals surface area contributed by atoms with E-state index >= 15 is 0 Å². The lowest BCUT2D eigenvalue weighted by atomic mass is 10.2. The van der Waals surface area contributed by atoms with Crippen LogP contribution >= 0.6 is 11.8 Å². The van der Waals surface area contributed by atoms with Crippen LogP contribution in [0.4, 0.5) is 11.4 Å². The van der Waals surface area contributed by atoms with Crippen LogP contribution in [0.3, 0.4) is 0 Å². The van der Waals surface area contributed by atoms with E-state index in [1.807, 2.05) is 72.8 Å². The van der Waals surface area contributed by atoms with Crippen LogP contribution in [0.2, 0.25) is 0 Å². The van der Waals surface area contributed by atoms with Gasteiger partial charge in [0.15, 0.2) is 5.17 Å². The first-order valence-electron chi connectivity index (χ1n) is 8.67. The zero-order chi connectivity index (χ0) is 19.3. The van der Waals surface area contributed by atoms with E-state index in [4.69, 9.17) is 4.74 Å². The minimum absolute atomic E-state index is 0.122. The van der Waals surface area contributed by atoms with Gasteiger partial charge in [-0.3, -0.25) is 14.7 Å². The Labute approximate surface area is 167 Å². The number of carbonyl (C=O) groups is 1.